The predicted octanol–water partition coefficient (Wildman–Crippen LogP) is 4.47. The Morgan fingerprint density at radius 3 is 1.96 bits per heavy atom. The molecule has 0 aliphatic heterocycles. The Balaban J connectivity index is 0.00000264. The Morgan fingerprint density at radius 2 is 1.43 bits per heavy atom. The lowest BCUT2D eigenvalue weighted by Gasteiger charge is -2.15. The average molecular weight is 358 g/mol. The summed E-state index contributed by atoms with van der Waals surface area (Å²) >= 11 is 0. The maximum absolute atomic E-state index is 13.6. The summed E-state index contributed by atoms with van der Waals surface area (Å²) in [5, 5.41) is 0. The third-order valence-corrected chi connectivity index (χ3v) is 2.87. The highest BCUT2D eigenvalue weighted by atomic mass is 35.5. The zero-order valence-corrected chi connectivity index (χ0v) is 12.0. The summed E-state index contributed by atoms with van der Waals surface area (Å²) in [6, 6.07) is 4.84. The summed E-state index contributed by atoms with van der Waals surface area (Å²) < 4.78 is 79.4. The second-order valence-corrected chi connectivity index (χ2v) is 4.36. The van der Waals surface area contributed by atoms with Crippen LogP contribution >= 0.6 is 12.4 Å². The summed E-state index contributed by atoms with van der Waals surface area (Å²) in [6.45, 7) is 0. The van der Waals surface area contributed by atoms with Gasteiger partial charge in [0.1, 0.15) is 5.75 Å². The molecule has 0 fully saturated rings. The molecule has 0 bridgehead atoms. The van der Waals surface area contributed by atoms with Gasteiger partial charge < -0.3 is 10.5 Å². The van der Waals surface area contributed by atoms with Gasteiger partial charge in [-0.05, 0) is 23.8 Å². The van der Waals surface area contributed by atoms with Crippen LogP contribution in [0, 0.1) is 17.5 Å². The third kappa shape index (κ3) is 4.52. The molecular weight excluding hydrogens is 348 g/mol. The van der Waals surface area contributed by atoms with Crippen LogP contribution in [0.5, 0.6) is 5.75 Å². The molecule has 2 aromatic rings. The van der Waals surface area contributed by atoms with Crippen LogP contribution in [0.3, 0.4) is 0 Å². The van der Waals surface area contributed by atoms with Gasteiger partial charge in [0.15, 0.2) is 17.5 Å². The molecule has 126 valence electrons. The quantitative estimate of drug-likeness (QED) is 0.649. The van der Waals surface area contributed by atoms with E-state index in [9.17, 15) is 26.3 Å². The average Bonchev–Trinajstić information content (AvgIpc) is 2.43. The lowest BCUT2D eigenvalue weighted by molar-refractivity contribution is -0.274. The minimum atomic E-state index is -4.84. The van der Waals surface area contributed by atoms with Gasteiger partial charge in [-0.1, -0.05) is 18.2 Å². The molecule has 0 heterocycles. The fourth-order valence-corrected chi connectivity index (χ4v) is 1.84. The molecule has 0 aliphatic carbocycles. The molecule has 0 aromatic heterocycles. The second-order valence-electron chi connectivity index (χ2n) is 4.36. The van der Waals surface area contributed by atoms with Gasteiger partial charge in [0, 0.05) is 5.56 Å². The lowest BCUT2D eigenvalue weighted by atomic mass is 9.99. The molecule has 2 aromatic carbocycles. The molecule has 0 amide bonds. The predicted molar refractivity (Wildman–Crippen MR) is 72.7 cm³/mol. The van der Waals surface area contributed by atoms with Crippen LogP contribution in [0.1, 0.15) is 17.2 Å². The van der Waals surface area contributed by atoms with Crippen LogP contribution in [0.2, 0.25) is 0 Å². The Kier molecular flexibility index (Phi) is 5.90. The van der Waals surface area contributed by atoms with Crippen molar-refractivity contribution in [2.45, 2.75) is 12.4 Å². The van der Waals surface area contributed by atoms with Gasteiger partial charge in [-0.3, -0.25) is 0 Å². The Labute approximate surface area is 133 Å². The van der Waals surface area contributed by atoms with Gasteiger partial charge in [-0.2, -0.15) is 0 Å². The molecule has 0 saturated heterocycles. The van der Waals surface area contributed by atoms with Gasteiger partial charge in [-0.15, -0.1) is 25.6 Å². The maximum atomic E-state index is 13.6. The standard InChI is InChI=1S/C14H9F6NO.ClH/c15-10-6-5-9(11(16)12(10)17)13(21)7-1-3-8(4-2-7)22-14(18,19)20;/h1-6,13H,21H2;1H/t13-;/m0./s1. The minimum absolute atomic E-state index is 0. The van der Waals surface area contributed by atoms with Crippen LogP contribution in [-0.2, 0) is 0 Å². The van der Waals surface area contributed by atoms with Gasteiger partial charge in [-0.25, -0.2) is 13.2 Å². The normalized spacial score (nSPS) is 12.5. The van der Waals surface area contributed by atoms with Gasteiger partial charge in [0.05, 0.1) is 6.04 Å². The van der Waals surface area contributed by atoms with Crippen molar-refractivity contribution in [3.8, 4) is 5.75 Å². The molecule has 0 unspecified atom stereocenters. The van der Waals surface area contributed by atoms with Crippen molar-refractivity contribution < 1.29 is 31.1 Å². The smallest absolute Gasteiger partial charge is 0.406 e. The van der Waals surface area contributed by atoms with Crippen LogP contribution in [-0.4, -0.2) is 6.36 Å². The number of hydrogen-bond acceptors (Lipinski definition) is 2. The molecule has 0 spiro atoms. The third-order valence-electron chi connectivity index (χ3n) is 2.87. The van der Waals surface area contributed by atoms with Crippen LogP contribution < -0.4 is 10.5 Å². The monoisotopic (exact) mass is 357 g/mol. The molecule has 0 saturated carbocycles. The van der Waals surface area contributed by atoms with E-state index in [4.69, 9.17) is 5.73 Å². The molecule has 23 heavy (non-hydrogen) atoms. The van der Waals surface area contributed by atoms with Gasteiger partial charge >= 0.3 is 6.36 Å². The zero-order valence-electron chi connectivity index (χ0n) is 11.2. The molecular formula is C14H10ClF6NO. The summed E-state index contributed by atoms with van der Waals surface area (Å²) in [4.78, 5) is 0. The molecule has 9 heteroatoms. The van der Waals surface area contributed by atoms with Crippen LogP contribution in [0.25, 0.3) is 0 Å². The van der Waals surface area contributed by atoms with Crippen molar-refractivity contribution in [2.75, 3.05) is 0 Å². The summed E-state index contributed by atoms with van der Waals surface area (Å²) in [5.41, 5.74) is 5.61. The first-order chi connectivity index (χ1) is 10.2. The SMILES string of the molecule is Cl.N[C@@H](c1ccc(OC(F)(F)F)cc1)c1ccc(F)c(F)c1F. The van der Waals surface area contributed by atoms with Crippen molar-refractivity contribution in [1.82, 2.24) is 0 Å². The van der Waals surface area contributed by atoms with E-state index in [-0.39, 0.29) is 23.5 Å². The van der Waals surface area contributed by atoms with E-state index in [1.54, 1.807) is 0 Å². The number of benzene rings is 2. The fraction of sp³-hybridized carbons (Fsp3) is 0.143. The van der Waals surface area contributed by atoms with Crippen molar-refractivity contribution in [3.05, 3.63) is 65.0 Å². The summed E-state index contributed by atoms with van der Waals surface area (Å²) in [5.74, 6) is -4.94. The number of hydrogen-bond donors (Lipinski definition) is 1. The largest absolute Gasteiger partial charge is 0.573 e. The lowest BCUT2D eigenvalue weighted by Crippen LogP contribution is -2.17. The van der Waals surface area contributed by atoms with Crippen LogP contribution in [0.15, 0.2) is 36.4 Å². The maximum Gasteiger partial charge on any atom is 0.573 e. The number of alkyl halides is 3. The van der Waals surface area contributed by atoms with E-state index in [1.165, 1.54) is 12.1 Å². The van der Waals surface area contributed by atoms with E-state index in [0.717, 1.165) is 24.3 Å². The van der Waals surface area contributed by atoms with E-state index in [1.807, 2.05) is 0 Å². The van der Waals surface area contributed by atoms with Crippen molar-refractivity contribution in [1.29, 1.82) is 0 Å². The molecule has 2 rings (SSSR count). The van der Waals surface area contributed by atoms with E-state index in [0.29, 0.717) is 0 Å². The molecule has 2 N–H and O–H groups in total. The summed E-state index contributed by atoms with van der Waals surface area (Å²) in [7, 11) is 0. The highest BCUT2D eigenvalue weighted by Crippen LogP contribution is 2.28. The molecule has 0 radical (unpaired) electrons. The Bertz CT molecular complexity index is 674. The van der Waals surface area contributed by atoms with E-state index >= 15 is 0 Å². The molecule has 2 nitrogen and oxygen atoms in total. The second kappa shape index (κ2) is 7.10. The molecule has 0 aliphatic rings. The number of ether oxygens (including phenoxy) is 1. The Morgan fingerprint density at radius 1 is 0.870 bits per heavy atom. The van der Waals surface area contributed by atoms with Crippen molar-refractivity contribution in [3.63, 3.8) is 0 Å². The zero-order chi connectivity index (χ0) is 16.5. The Hall–Kier alpha value is -1.93. The topological polar surface area (TPSA) is 35.2 Å². The first-order valence-corrected chi connectivity index (χ1v) is 5.93. The fourth-order valence-electron chi connectivity index (χ4n) is 1.84. The minimum Gasteiger partial charge on any atom is -0.406 e. The first kappa shape index (κ1) is 19.1. The number of rotatable bonds is 3. The highest BCUT2D eigenvalue weighted by Gasteiger charge is 2.31. The van der Waals surface area contributed by atoms with Crippen molar-refractivity contribution in [2.24, 2.45) is 5.73 Å². The number of nitrogens with two attached hydrogens (primary N) is 1. The van der Waals surface area contributed by atoms with Crippen LogP contribution in [0.4, 0.5) is 26.3 Å². The summed E-state index contributed by atoms with van der Waals surface area (Å²) in [6.07, 6.45) is -4.84. The van der Waals surface area contributed by atoms with Gasteiger partial charge in [0.25, 0.3) is 0 Å². The molecule has 1 atom stereocenters. The highest BCUT2D eigenvalue weighted by molar-refractivity contribution is 5.85. The van der Waals surface area contributed by atoms with E-state index in [2.05, 4.69) is 4.74 Å². The number of halogens is 7. The van der Waals surface area contributed by atoms with E-state index < -0.39 is 35.6 Å². The van der Waals surface area contributed by atoms with Crippen molar-refractivity contribution >= 4 is 12.4 Å². The van der Waals surface area contributed by atoms with Gasteiger partial charge in [0.2, 0.25) is 0 Å². The first-order valence-electron chi connectivity index (χ1n) is 5.93.